The number of nitrogens with zero attached hydrogens (tertiary/aromatic N) is 2. The first kappa shape index (κ1) is 13.5. The molecule has 0 bridgehead atoms. The third-order valence-electron chi connectivity index (χ3n) is 3.71. The van der Waals surface area contributed by atoms with Gasteiger partial charge in [0.1, 0.15) is 0 Å². The second-order valence-electron chi connectivity index (χ2n) is 5.07. The molecule has 2 unspecified atom stereocenters. The third kappa shape index (κ3) is 2.59. The topological polar surface area (TPSA) is 70.5 Å². The molecule has 19 heavy (non-hydrogen) atoms. The Bertz CT molecular complexity index is 491. The summed E-state index contributed by atoms with van der Waals surface area (Å²) >= 11 is 0. The number of aromatic nitrogens is 1. The van der Waals surface area contributed by atoms with Crippen molar-refractivity contribution in [3.05, 3.63) is 29.6 Å². The number of carboxylic acid groups (broad SMARTS) is 1. The molecule has 1 fully saturated rings. The van der Waals surface area contributed by atoms with Crippen LogP contribution in [0, 0.1) is 0 Å². The number of amides is 1. The molecule has 0 saturated carbocycles. The lowest BCUT2D eigenvalue weighted by atomic mass is 9.96. The molecule has 0 radical (unpaired) electrons. The Hall–Kier alpha value is -1.91. The summed E-state index contributed by atoms with van der Waals surface area (Å²) in [4.78, 5) is 29.3. The van der Waals surface area contributed by atoms with E-state index in [0.29, 0.717) is 0 Å². The average molecular weight is 262 g/mol. The molecule has 1 aromatic heterocycles. The highest BCUT2D eigenvalue weighted by Crippen LogP contribution is 2.25. The van der Waals surface area contributed by atoms with Crippen molar-refractivity contribution in [3.63, 3.8) is 0 Å². The first-order valence-electron chi connectivity index (χ1n) is 6.52. The van der Waals surface area contributed by atoms with E-state index in [4.69, 9.17) is 5.11 Å². The van der Waals surface area contributed by atoms with Crippen LogP contribution in [0.15, 0.2) is 18.5 Å². The van der Waals surface area contributed by atoms with Gasteiger partial charge in [-0.25, -0.2) is 4.79 Å². The maximum absolute atomic E-state index is 12.6. The summed E-state index contributed by atoms with van der Waals surface area (Å²) in [5, 5.41) is 9.13. The summed E-state index contributed by atoms with van der Waals surface area (Å²) in [6.07, 6.45) is 5.72. The van der Waals surface area contributed by atoms with Gasteiger partial charge in [-0.05, 0) is 39.2 Å². The molecule has 2 heterocycles. The SMILES string of the molecule is CC1CCCC(C)N1C(=O)c1ccncc1C(=O)O. The van der Waals surface area contributed by atoms with Crippen molar-refractivity contribution in [2.24, 2.45) is 0 Å². The van der Waals surface area contributed by atoms with E-state index in [1.54, 1.807) is 4.90 Å². The predicted molar refractivity (Wildman–Crippen MR) is 70.1 cm³/mol. The molecule has 0 spiro atoms. The summed E-state index contributed by atoms with van der Waals surface area (Å²) in [6.45, 7) is 4.02. The van der Waals surface area contributed by atoms with Gasteiger partial charge < -0.3 is 10.0 Å². The Morgan fingerprint density at radius 3 is 2.47 bits per heavy atom. The lowest BCUT2D eigenvalue weighted by Crippen LogP contribution is -2.47. The fraction of sp³-hybridized carbons (Fsp3) is 0.500. The van der Waals surface area contributed by atoms with Crippen LogP contribution in [0.1, 0.15) is 53.8 Å². The van der Waals surface area contributed by atoms with Crippen LogP contribution in [-0.4, -0.2) is 39.0 Å². The van der Waals surface area contributed by atoms with Crippen LogP contribution in [0.2, 0.25) is 0 Å². The van der Waals surface area contributed by atoms with E-state index in [2.05, 4.69) is 4.98 Å². The Balaban J connectivity index is 2.36. The van der Waals surface area contributed by atoms with E-state index in [-0.39, 0.29) is 29.1 Å². The molecule has 0 aromatic carbocycles. The summed E-state index contributed by atoms with van der Waals surface area (Å²) < 4.78 is 0. The normalized spacial score (nSPS) is 23.2. The molecule has 1 aliphatic rings. The van der Waals surface area contributed by atoms with Crippen LogP contribution < -0.4 is 0 Å². The average Bonchev–Trinajstić information content (AvgIpc) is 2.38. The van der Waals surface area contributed by atoms with Gasteiger partial charge in [0.15, 0.2) is 0 Å². The number of rotatable bonds is 2. The van der Waals surface area contributed by atoms with E-state index in [1.165, 1.54) is 18.5 Å². The van der Waals surface area contributed by atoms with E-state index < -0.39 is 5.97 Å². The number of likely N-dealkylation sites (tertiary alicyclic amines) is 1. The van der Waals surface area contributed by atoms with Crippen LogP contribution >= 0.6 is 0 Å². The summed E-state index contributed by atoms with van der Waals surface area (Å²) in [5.74, 6) is -1.33. The second-order valence-corrected chi connectivity index (χ2v) is 5.07. The van der Waals surface area contributed by atoms with Gasteiger partial charge in [0.2, 0.25) is 0 Å². The number of carbonyl (C=O) groups is 2. The van der Waals surface area contributed by atoms with Gasteiger partial charge in [-0.2, -0.15) is 0 Å². The predicted octanol–water partition coefficient (Wildman–Crippen LogP) is 2.18. The largest absolute Gasteiger partial charge is 0.478 e. The zero-order valence-corrected chi connectivity index (χ0v) is 11.2. The van der Waals surface area contributed by atoms with Gasteiger partial charge in [-0.3, -0.25) is 9.78 Å². The zero-order valence-electron chi connectivity index (χ0n) is 11.2. The lowest BCUT2D eigenvalue weighted by molar-refractivity contribution is 0.0501. The van der Waals surface area contributed by atoms with Crippen LogP contribution in [0.25, 0.3) is 0 Å². The number of pyridine rings is 1. The van der Waals surface area contributed by atoms with Crippen molar-refractivity contribution in [2.75, 3.05) is 0 Å². The van der Waals surface area contributed by atoms with Gasteiger partial charge >= 0.3 is 5.97 Å². The monoisotopic (exact) mass is 262 g/mol. The van der Waals surface area contributed by atoms with E-state index >= 15 is 0 Å². The van der Waals surface area contributed by atoms with Gasteiger partial charge in [0.25, 0.3) is 5.91 Å². The van der Waals surface area contributed by atoms with Crippen LogP contribution in [0.3, 0.4) is 0 Å². The molecular weight excluding hydrogens is 244 g/mol. The number of aromatic carboxylic acids is 1. The maximum Gasteiger partial charge on any atom is 0.338 e. The summed E-state index contributed by atoms with van der Waals surface area (Å²) in [7, 11) is 0. The number of hydrogen-bond acceptors (Lipinski definition) is 3. The van der Waals surface area contributed by atoms with Crippen molar-refractivity contribution >= 4 is 11.9 Å². The molecule has 1 saturated heterocycles. The van der Waals surface area contributed by atoms with Gasteiger partial charge in [0, 0.05) is 24.5 Å². The molecule has 1 amide bonds. The standard InChI is InChI=1S/C14H18N2O3/c1-9-4-3-5-10(2)16(9)13(17)11-6-7-15-8-12(11)14(18)19/h6-10H,3-5H2,1-2H3,(H,18,19). The Morgan fingerprint density at radius 1 is 1.26 bits per heavy atom. The van der Waals surface area contributed by atoms with E-state index in [1.807, 2.05) is 13.8 Å². The Labute approximate surface area is 112 Å². The van der Waals surface area contributed by atoms with Gasteiger partial charge in [0.05, 0.1) is 11.1 Å². The van der Waals surface area contributed by atoms with E-state index in [9.17, 15) is 9.59 Å². The first-order chi connectivity index (χ1) is 9.02. The van der Waals surface area contributed by atoms with Crippen molar-refractivity contribution in [1.29, 1.82) is 0 Å². The van der Waals surface area contributed by atoms with E-state index in [0.717, 1.165) is 19.3 Å². The zero-order chi connectivity index (χ0) is 14.0. The quantitative estimate of drug-likeness (QED) is 0.886. The molecule has 1 aliphatic heterocycles. The highest BCUT2D eigenvalue weighted by molar-refractivity contribution is 6.04. The minimum absolute atomic E-state index is 0.0301. The van der Waals surface area contributed by atoms with Crippen molar-refractivity contribution in [2.45, 2.75) is 45.2 Å². The van der Waals surface area contributed by atoms with Crippen molar-refractivity contribution in [1.82, 2.24) is 9.88 Å². The first-order valence-corrected chi connectivity index (χ1v) is 6.52. The van der Waals surface area contributed by atoms with Crippen LogP contribution in [-0.2, 0) is 0 Å². The molecular formula is C14H18N2O3. The van der Waals surface area contributed by atoms with Crippen molar-refractivity contribution < 1.29 is 14.7 Å². The highest BCUT2D eigenvalue weighted by atomic mass is 16.4. The molecule has 0 aliphatic carbocycles. The van der Waals surface area contributed by atoms with Crippen LogP contribution in [0.4, 0.5) is 0 Å². The fourth-order valence-electron chi connectivity index (χ4n) is 2.71. The minimum Gasteiger partial charge on any atom is -0.478 e. The molecule has 2 rings (SSSR count). The number of carboxylic acids is 1. The number of hydrogen-bond donors (Lipinski definition) is 1. The highest BCUT2D eigenvalue weighted by Gasteiger charge is 2.31. The number of carbonyl (C=O) groups excluding carboxylic acids is 1. The molecule has 2 atom stereocenters. The maximum atomic E-state index is 12.6. The summed E-state index contributed by atoms with van der Waals surface area (Å²) in [5.41, 5.74) is 0.195. The smallest absolute Gasteiger partial charge is 0.338 e. The third-order valence-corrected chi connectivity index (χ3v) is 3.71. The van der Waals surface area contributed by atoms with Crippen molar-refractivity contribution in [3.8, 4) is 0 Å². The Morgan fingerprint density at radius 2 is 1.89 bits per heavy atom. The fourth-order valence-corrected chi connectivity index (χ4v) is 2.71. The number of piperidine rings is 1. The molecule has 102 valence electrons. The van der Waals surface area contributed by atoms with Gasteiger partial charge in [-0.1, -0.05) is 0 Å². The molecule has 5 heteroatoms. The Kier molecular flexibility index (Phi) is 3.83. The molecule has 5 nitrogen and oxygen atoms in total. The minimum atomic E-state index is -1.12. The second kappa shape index (κ2) is 5.38. The molecule has 1 aromatic rings. The molecule has 1 N–H and O–H groups in total. The summed E-state index contributed by atoms with van der Waals surface area (Å²) in [6, 6.07) is 1.77. The van der Waals surface area contributed by atoms with Crippen LogP contribution in [0.5, 0.6) is 0 Å². The lowest BCUT2D eigenvalue weighted by Gasteiger charge is -2.39. The van der Waals surface area contributed by atoms with Gasteiger partial charge in [-0.15, -0.1) is 0 Å².